The summed E-state index contributed by atoms with van der Waals surface area (Å²) in [7, 11) is 2.10. The molecule has 3 rings (SSSR count). The molecule has 5 nitrogen and oxygen atoms in total. The Morgan fingerprint density at radius 2 is 2.13 bits per heavy atom. The molecule has 0 saturated carbocycles. The minimum absolute atomic E-state index is 0.771. The van der Waals surface area contributed by atoms with Crippen molar-refractivity contribution in [2.24, 2.45) is 0 Å². The van der Waals surface area contributed by atoms with Crippen LogP contribution in [0.5, 0.6) is 0 Å². The molecule has 2 aromatic heterocycles. The van der Waals surface area contributed by atoms with Gasteiger partial charge in [0.25, 0.3) is 0 Å². The van der Waals surface area contributed by atoms with Crippen LogP contribution in [0.4, 0.5) is 0 Å². The minimum atomic E-state index is 0.771. The summed E-state index contributed by atoms with van der Waals surface area (Å²) in [6.07, 6.45) is 2.89. The molecule has 1 N–H and O–H groups in total. The molecule has 0 saturated heterocycles. The van der Waals surface area contributed by atoms with Crippen molar-refractivity contribution in [1.29, 1.82) is 0 Å². The van der Waals surface area contributed by atoms with E-state index in [0.717, 1.165) is 42.4 Å². The number of H-pyrrole nitrogens is 1. The monoisotopic (exact) mass is 331 g/mol. The van der Waals surface area contributed by atoms with Crippen molar-refractivity contribution >= 4 is 22.5 Å². The number of aryl methyl sites for hydroxylation is 2. The fourth-order valence-electron chi connectivity index (χ4n) is 2.91. The van der Waals surface area contributed by atoms with Crippen LogP contribution in [0.2, 0.25) is 5.02 Å². The van der Waals surface area contributed by atoms with Crippen LogP contribution < -0.4 is 0 Å². The fourth-order valence-corrected chi connectivity index (χ4v) is 3.08. The average Bonchev–Trinajstić information content (AvgIpc) is 3.06. The van der Waals surface area contributed by atoms with Crippen molar-refractivity contribution in [3.05, 3.63) is 46.6 Å². The molecule has 0 aliphatic rings. The molecule has 0 bridgehead atoms. The predicted octanol–water partition coefficient (Wildman–Crippen LogP) is 3.76. The summed E-state index contributed by atoms with van der Waals surface area (Å²) in [6, 6.07) is 5.97. The molecule has 0 fully saturated rings. The number of nitrogens with zero attached hydrogens (tertiary/aromatic N) is 4. The van der Waals surface area contributed by atoms with E-state index >= 15 is 0 Å². The predicted molar refractivity (Wildman–Crippen MR) is 93.5 cm³/mol. The lowest BCUT2D eigenvalue weighted by Crippen LogP contribution is -2.20. The van der Waals surface area contributed by atoms with E-state index in [2.05, 4.69) is 45.5 Å². The molecular weight excluding hydrogens is 310 g/mol. The van der Waals surface area contributed by atoms with Gasteiger partial charge in [0.05, 0.1) is 6.54 Å². The van der Waals surface area contributed by atoms with Gasteiger partial charge in [0.2, 0.25) is 0 Å². The van der Waals surface area contributed by atoms with E-state index in [4.69, 9.17) is 11.6 Å². The first kappa shape index (κ1) is 16.0. The van der Waals surface area contributed by atoms with E-state index in [-0.39, 0.29) is 0 Å². The third-order valence-electron chi connectivity index (χ3n) is 4.12. The number of rotatable bonds is 6. The smallest absolute Gasteiger partial charge is 0.147 e. The second-order valence-electron chi connectivity index (χ2n) is 6.03. The molecule has 6 heteroatoms. The quantitative estimate of drug-likeness (QED) is 0.748. The highest BCUT2D eigenvalue weighted by Crippen LogP contribution is 2.25. The maximum absolute atomic E-state index is 6.11. The van der Waals surface area contributed by atoms with Gasteiger partial charge in [-0.1, -0.05) is 18.5 Å². The minimum Gasteiger partial charge on any atom is -0.357 e. The van der Waals surface area contributed by atoms with Crippen molar-refractivity contribution < 1.29 is 0 Å². The van der Waals surface area contributed by atoms with Crippen LogP contribution in [-0.2, 0) is 19.6 Å². The van der Waals surface area contributed by atoms with Gasteiger partial charge in [-0.25, -0.2) is 0 Å². The molecule has 0 amide bonds. The Morgan fingerprint density at radius 3 is 2.91 bits per heavy atom. The number of benzene rings is 1. The van der Waals surface area contributed by atoms with Crippen LogP contribution >= 0.6 is 11.6 Å². The zero-order valence-corrected chi connectivity index (χ0v) is 14.6. The molecule has 2 heterocycles. The Labute approximate surface area is 141 Å². The van der Waals surface area contributed by atoms with E-state index in [9.17, 15) is 0 Å². The van der Waals surface area contributed by atoms with Gasteiger partial charge in [-0.3, -0.25) is 4.90 Å². The van der Waals surface area contributed by atoms with Crippen molar-refractivity contribution in [3.63, 3.8) is 0 Å². The number of hydrogen-bond donors (Lipinski definition) is 1. The maximum atomic E-state index is 6.11. The summed E-state index contributed by atoms with van der Waals surface area (Å²) in [5, 5.41) is 10.2. The Bertz CT molecular complexity index is 805. The third kappa shape index (κ3) is 3.41. The van der Waals surface area contributed by atoms with E-state index in [0.29, 0.717) is 0 Å². The lowest BCUT2D eigenvalue weighted by atomic mass is 10.1. The normalized spacial score (nSPS) is 11.7. The second-order valence-corrected chi connectivity index (χ2v) is 6.47. The van der Waals surface area contributed by atoms with Crippen molar-refractivity contribution in [2.75, 3.05) is 7.05 Å². The number of hydrogen-bond acceptors (Lipinski definition) is 3. The number of nitrogens with one attached hydrogen (secondary N) is 1. The van der Waals surface area contributed by atoms with E-state index in [1.807, 2.05) is 24.5 Å². The van der Waals surface area contributed by atoms with Gasteiger partial charge < -0.3 is 9.55 Å². The highest BCUT2D eigenvalue weighted by Gasteiger charge is 2.12. The summed E-state index contributed by atoms with van der Waals surface area (Å²) in [5.74, 6) is 1.01. The number of fused-ring (bicyclic) bond motifs is 1. The molecule has 0 unspecified atom stereocenters. The van der Waals surface area contributed by atoms with E-state index in [1.54, 1.807) is 0 Å². The van der Waals surface area contributed by atoms with Gasteiger partial charge in [0.15, 0.2) is 0 Å². The van der Waals surface area contributed by atoms with E-state index in [1.165, 1.54) is 16.6 Å². The zero-order chi connectivity index (χ0) is 16.4. The van der Waals surface area contributed by atoms with Gasteiger partial charge >= 0.3 is 0 Å². The molecule has 0 atom stereocenters. The Morgan fingerprint density at radius 1 is 1.30 bits per heavy atom. The summed E-state index contributed by atoms with van der Waals surface area (Å²) in [5.41, 5.74) is 3.60. The van der Waals surface area contributed by atoms with Crippen LogP contribution in [-0.4, -0.2) is 31.7 Å². The van der Waals surface area contributed by atoms with Gasteiger partial charge in [0, 0.05) is 34.7 Å². The first-order valence-corrected chi connectivity index (χ1v) is 8.28. The average molecular weight is 332 g/mol. The molecule has 0 radical (unpaired) electrons. The zero-order valence-electron chi connectivity index (χ0n) is 13.8. The molecule has 0 aliphatic heterocycles. The molecule has 3 aromatic rings. The van der Waals surface area contributed by atoms with Crippen molar-refractivity contribution in [1.82, 2.24) is 24.6 Å². The third-order valence-corrected chi connectivity index (χ3v) is 4.36. The molecule has 23 heavy (non-hydrogen) atoms. The highest BCUT2D eigenvalue weighted by atomic mass is 35.5. The van der Waals surface area contributed by atoms with Gasteiger partial charge in [-0.05, 0) is 44.2 Å². The summed E-state index contributed by atoms with van der Waals surface area (Å²) < 4.78 is 2.12. The topological polar surface area (TPSA) is 49.7 Å². The number of aromatic nitrogens is 4. The van der Waals surface area contributed by atoms with Crippen LogP contribution in [0.3, 0.4) is 0 Å². The first-order valence-electron chi connectivity index (χ1n) is 7.90. The molecule has 0 spiro atoms. The van der Waals surface area contributed by atoms with Crippen molar-refractivity contribution in [2.45, 2.75) is 39.9 Å². The lowest BCUT2D eigenvalue weighted by molar-refractivity contribution is 0.301. The van der Waals surface area contributed by atoms with Gasteiger partial charge in [-0.2, -0.15) is 0 Å². The molecule has 1 aromatic carbocycles. The summed E-state index contributed by atoms with van der Waals surface area (Å²) in [6.45, 7) is 6.86. The Balaban J connectivity index is 1.76. The standard InChI is InChI=1S/C17H22ClN5/c1-4-7-23-11-19-21-17(23)10-22(3)9-16-12(2)14-8-13(18)5-6-15(14)20-16/h5-6,8,11,20H,4,7,9-10H2,1-3H3. The van der Waals surface area contributed by atoms with Crippen LogP contribution in [0.1, 0.15) is 30.4 Å². The van der Waals surface area contributed by atoms with Gasteiger partial charge in [0.1, 0.15) is 12.2 Å². The first-order chi connectivity index (χ1) is 11.1. The Hall–Kier alpha value is -1.85. The lowest BCUT2D eigenvalue weighted by Gasteiger charge is -2.16. The number of halogens is 1. The molecular formula is C17H22ClN5. The SMILES string of the molecule is CCCn1cnnc1CN(C)Cc1[nH]c2ccc(Cl)cc2c1C. The van der Waals surface area contributed by atoms with Crippen LogP contribution in [0, 0.1) is 6.92 Å². The molecule has 122 valence electrons. The molecule has 0 aliphatic carbocycles. The largest absolute Gasteiger partial charge is 0.357 e. The van der Waals surface area contributed by atoms with Crippen LogP contribution in [0.15, 0.2) is 24.5 Å². The van der Waals surface area contributed by atoms with E-state index < -0.39 is 0 Å². The highest BCUT2D eigenvalue weighted by molar-refractivity contribution is 6.31. The summed E-state index contributed by atoms with van der Waals surface area (Å²) in [4.78, 5) is 5.74. The second kappa shape index (κ2) is 6.72. The maximum Gasteiger partial charge on any atom is 0.147 e. The summed E-state index contributed by atoms with van der Waals surface area (Å²) >= 11 is 6.11. The number of aromatic amines is 1. The fraction of sp³-hybridized carbons (Fsp3) is 0.412. The Kier molecular flexibility index (Phi) is 4.68. The van der Waals surface area contributed by atoms with Gasteiger partial charge in [-0.15, -0.1) is 10.2 Å². The van der Waals surface area contributed by atoms with Crippen molar-refractivity contribution in [3.8, 4) is 0 Å². The van der Waals surface area contributed by atoms with Crippen LogP contribution in [0.25, 0.3) is 10.9 Å².